The number of hydrogen-bond donors (Lipinski definition) is 2. The van der Waals surface area contributed by atoms with Crippen LogP contribution < -0.4 is 4.72 Å². The van der Waals surface area contributed by atoms with Crippen LogP contribution in [0.15, 0.2) is 29.2 Å². The molecule has 0 aliphatic rings. The summed E-state index contributed by atoms with van der Waals surface area (Å²) in [5.74, 6) is 0. The average molecular weight is 215 g/mol. The van der Waals surface area contributed by atoms with Crippen molar-refractivity contribution in [2.45, 2.75) is 11.8 Å². The molecule has 14 heavy (non-hydrogen) atoms. The Morgan fingerprint density at radius 2 is 2.00 bits per heavy atom. The van der Waals surface area contributed by atoms with E-state index in [9.17, 15) is 8.42 Å². The number of benzene rings is 1. The summed E-state index contributed by atoms with van der Waals surface area (Å²) >= 11 is 0. The Labute approximate surface area is 83.6 Å². The smallest absolute Gasteiger partial charge is 0.240 e. The first-order chi connectivity index (χ1) is 6.58. The number of aliphatic hydroxyl groups excluding tert-OH is 1. The third-order valence-electron chi connectivity index (χ3n) is 1.79. The number of nitrogens with one attached hydrogen (secondary N) is 1. The number of aliphatic hydroxyl groups is 1. The van der Waals surface area contributed by atoms with Crippen LogP contribution in [-0.2, 0) is 10.0 Å². The van der Waals surface area contributed by atoms with E-state index in [1.165, 1.54) is 6.07 Å². The fourth-order valence-electron chi connectivity index (χ4n) is 1.12. The van der Waals surface area contributed by atoms with Gasteiger partial charge in [-0.05, 0) is 18.6 Å². The SMILES string of the molecule is Cc1ccccc1S(=O)(=O)NCCO. The summed E-state index contributed by atoms with van der Waals surface area (Å²) in [5, 5.41) is 8.52. The third kappa shape index (κ3) is 2.54. The van der Waals surface area contributed by atoms with E-state index in [4.69, 9.17) is 5.11 Å². The zero-order valence-electron chi connectivity index (χ0n) is 7.90. The minimum Gasteiger partial charge on any atom is -0.395 e. The monoisotopic (exact) mass is 215 g/mol. The Balaban J connectivity index is 2.99. The Hall–Kier alpha value is -0.910. The van der Waals surface area contributed by atoms with Crippen molar-refractivity contribution in [2.24, 2.45) is 0 Å². The molecule has 0 saturated heterocycles. The highest BCUT2D eigenvalue weighted by atomic mass is 32.2. The van der Waals surface area contributed by atoms with E-state index in [-0.39, 0.29) is 18.0 Å². The van der Waals surface area contributed by atoms with Crippen molar-refractivity contribution in [3.05, 3.63) is 29.8 Å². The van der Waals surface area contributed by atoms with Crippen molar-refractivity contribution < 1.29 is 13.5 Å². The lowest BCUT2D eigenvalue weighted by Gasteiger charge is -2.07. The van der Waals surface area contributed by atoms with E-state index < -0.39 is 10.0 Å². The first kappa shape index (κ1) is 11.2. The van der Waals surface area contributed by atoms with Crippen LogP contribution in [0.2, 0.25) is 0 Å². The van der Waals surface area contributed by atoms with Gasteiger partial charge < -0.3 is 5.11 Å². The lowest BCUT2D eigenvalue weighted by atomic mass is 10.2. The summed E-state index contributed by atoms with van der Waals surface area (Å²) in [6.45, 7) is 1.56. The summed E-state index contributed by atoms with van der Waals surface area (Å²) in [5.41, 5.74) is 0.693. The summed E-state index contributed by atoms with van der Waals surface area (Å²) in [6, 6.07) is 6.71. The topological polar surface area (TPSA) is 66.4 Å². The maximum Gasteiger partial charge on any atom is 0.240 e. The van der Waals surface area contributed by atoms with Gasteiger partial charge in [0.05, 0.1) is 11.5 Å². The minimum absolute atomic E-state index is 0.0384. The number of rotatable bonds is 4. The predicted octanol–water partition coefficient (Wildman–Crippen LogP) is 0.266. The molecule has 1 rings (SSSR count). The van der Waals surface area contributed by atoms with Crippen LogP contribution in [0.4, 0.5) is 0 Å². The molecule has 0 bridgehead atoms. The summed E-state index contributed by atoms with van der Waals surface area (Å²) in [6.07, 6.45) is 0. The van der Waals surface area contributed by atoms with Gasteiger partial charge >= 0.3 is 0 Å². The first-order valence-corrected chi connectivity index (χ1v) is 5.72. The summed E-state index contributed by atoms with van der Waals surface area (Å²) in [7, 11) is -3.46. The van der Waals surface area contributed by atoms with Gasteiger partial charge in [-0.1, -0.05) is 18.2 Å². The van der Waals surface area contributed by atoms with Gasteiger partial charge in [0, 0.05) is 6.54 Å². The molecular formula is C9H13NO3S. The van der Waals surface area contributed by atoms with Gasteiger partial charge in [-0.3, -0.25) is 0 Å². The number of aryl methyl sites for hydroxylation is 1. The Morgan fingerprint density at radius 3 is 2.57 bits per heavy atom. The molecule has 0 unspecified atom stereocenters. The normalized spacial score (nSPS) is 11.6. The molecule has 0 saturated carbocycles. The lowest BCUT2D eigenvalue weighted by molar-refractivity contribution is 0.301. The molecular weight excluding hydrogens is 202 g/mol. The van der Waals surface area contributed by atoms with Gasteiger partial charge in [-0.15, -0.1) is 0 Å². The second-order valence-corrected chi connectivity index (χ2v) is 4.62. The van der Waals surface area contributed by atoms with Crippen molar-refractivity contribution in [3.63, 3.8) is 0 Å². The fraction of sp³-hybridized carbons (Fsp3) is 0.333. The minimum atomic E-state index is -3.46. The molecule has 0 fully saturated rings. The largest absolute Gasteiger partial charge is 0.395 e. The van der Waals surface area contributed by atoms with Crippen molar-refractivity contribution in [1.29, 1.82) is 0 Å². The van der Waals surface area contributed by atoms with Crippen LogP contribution in [0.5, 0.6) is 0 Å². The van der Waals surface area contributed by atoms with Crippen molar-refractivity contribution in [3.8, 4) is 0 Å². The zero-order valence-corrected chi connectivity index (χ0v) is 8.71. The molecule has 78 valence electrons. The van der Waals surface area contributed by atoms with Crippen molar-refractivity contribution in [1.82, 2.24) is 4.72 Å². The van der Waals surface area contributed by atoms with Crippen LogP contribution in [0.25, 0.3) is 0 Å². The molecule has 0 radical (unpaired) electrons. The Kier molecular flexibility index (Phi) is 3.62. The van der Waals surface area contributed by atoms with Gasteiger partial charge in [-0.2, -0.15) is 0 Å². The van der Waals surface area contributed by atoms with Gasteiger partial charge in [0.2, 0.25) is 10.0 Å². The molecule has 0 spiro atoms. The maximum absolute atomic E-state index is 11.6. The van der Waals surface area contributed by atoms with E-state index in [2.05, 4.69) is 4.72 Å². The van der Waals surface area contributed by atoms with E-state index in [1.54, 1.807) is 25.1 Å². The quantitative estimate of drug-likeness (QED) is 0.757. The maximum atomic E-state index is 11.6. The molecule has 0 aliphatic carbocycles. The molecule has 0 heterocycles. The lowest BCUT2D eigenvalue weighted by Crippen LogP contribution is -2.27. The molecule has 1 aromatic rings. The van der Waals surface area contributed by atoms with Crippen LogP contribution in [0, 0.1) is 6.92 Å². The molecule has 2 N–H and O–H groups in total. The van der Waals surface area contributed by atoms with Crippen LogP contribution in [0.1, 0.15) is 5.56 Å². The molecule has 1 aromatic carbocycles. The molecule has 0 aliphatic heterocycles. The highest BCUT2D eigenvalue weighted by Crippen LogP contribution is 2.13. The molecule has 0 aromatic heterocycles. The van der Waals surface area contributed by atoms with E-state index >= 15 is 0 Å². The first-order valence-electron chi connectivity index (χ1n) is 4.24. The van der Waals surface area contributed by atoms with Crippen LogP contribution in [0.3, 0.4) is 0 Å². The highest BCUT2D eigenvalue weighted by molar-refractivity contribution is 7.89. The van der Waals surface area contributed by atoms with Gasteiger partial charge in [0.15, 0.2) is 0 Å². The number of sulfonamides is 1. The average Bonchev–Trinajstić information content (AvgIpc) is 2.15. The van der Waals surface area contributed by atoms with E-state index in [1.807, 2.05) is 0 Å². The van der Waals surface area contributed by atoms with Crippen LogP contribution >= 0.6 is 0 Å². The standard InChI is InChI=1S/C9H13NO3S/c1-8-4-2-3-5-9(8)14(12,13)10-6-7-11/h2-5,10-11H,6-7H2,1H3. The molecule has 5 heteroatoms. The van der Waals surface area contributed by atoms with E-state index in [0.29, 0.717) is 5.56 Å². The van der Waals surface area contributed by atoms with Gasteiger partial charge in [-0.25, -0.2) is 13.1 Å². The van der Waals surface area contributed by atoms with Gasteiger partial charge in [0.25, 0.3) is 0 Å². The molecule has 4 nitrogen and oxygen atoms in total. The van der Waals surface area contributed by atoms with Crippen molar-refractivity contribution in [2.75, 3.05) is 13.2 Å². The third-order valence-corrected chi connectivity index (χ3v) is 3.41. The molecule has 0 amide bonds. The Bertz CT molecular complexity index is 400. The zero-order chi connectivity index (χ0) is 10.6. The number of hydrogen-bond acceptors (Lipinski definition) is 3. The molecule has 0 atom stereocenters. The second kappa shape index (κ2) is 4.54. The summed E-state index contributed by atoms with van der Waals surface area (Å²) in [4.78, 5) is 0.258. The van der Waals surface area contributed by atoms with Crippen LogP contribution in [-0.4, -0.2) is 26.7 Å². The Morgan fingerprint density at radius 1 is 1.36 bits per heavy atom. The second-order valence-electron chi connectivity index (χ2n) is 2.89. The van der Waals surface area contributed by atoms with E-state index in [0.717, 1.165) is 0 Å². The highest BCUT2D eigenvalue weighted by Gasteiger charge is 2.14. The fourth-order valence-corrected chi connectivity index (χ4v) is 2.38. The predicted molar refractivity (Wildman–Crippen MR) is 53.5 cm³/mol. The van der Waals surface area contributed by atoms with Gasteiger partial charge in [0.1, 0.15) is 0 Å². The van der Waals surface area contributed by atoms with Crippen molar-refractivity contribution >= 4 is 10.0 Å². The summed E-state index contributed by atoms with van der Waals surface area (Å²) < 4.78 is 25.5.